The number of rotatable bonds is 5. The van der Waals surface area contributed by atoms with Gasteiger partial charge < -0.3 is 9.88 Å². The van der Waals surface area contributed by atoms with E-state index < -0.39 is 0 Å². The predicted octanol–water partition coefficient (Wildman–Crippen LogP) is 5.16. The van der Waals surface area contributed by atoms with Crippen molar-refractivity contribution < 1.29 is 4.79 Å². The highest BCUT2D eigenvalue weighted by molar-refractivity contribution is 5.94. The maximum absolute atomic E-state index is 13.4. The SMILES string of the molecule is C#CC(=O)N1[C@@H](NCCCC)Cc2c([nH]c3ccccc23)[C@@H]1C12CC3CC(CC(C3)C1)C2. The summed E-state index contributed by atoms with van der Waals surface area (Å²) in [6.45, 7) is 3.13. The molecule has 0 saturated heterocycles. The molecule has 2 heterocycles. The number of carbonyl (C=O) groups excluding carboxylic acids is 1. The summed E-state index contributed by atoms with van der Waals surface area (Å²) in [5.74, 6) is 4.84. The second-order valence-electron chi connectivity index (χ2n) is 11.1. The molecule has 1 aromatic heterocycles. The second kappa shape index (κ2) is 7.66. The van der Waals surface area contributed by atoms with Gasteiger partial charge in [0.2, 0.25) is 0 Å². The molecule has 7 rings (SSSR count). The number of carbonyl (C=O) groups is 1. The minimum atomic E-state index is -0.149. The Balaban J connectivity index is 1.51. The van der Waals surface area contributed by atoms with E-state index >= 15 is 0 Å². The first kappa shape index (κ1) is 20.4. The largest absolute Gasteiger partial charge is 0.356 e. The van der Waals surface area contributed by atoms with E-state index in [1.54, 1.807) is 0 Å². The van der Waals surface area contributed by atoms with Crippen LogP contribution in [0.15, 0.2) is 24.3 Å². The van der Waals surface area contributed by atoms with Crippen LogP contribution >= 0.6 is 0 Å². The normalized spacial score (nSPS) is 35.1. The van der Waals surface area contributed by atoms with Crippen LogP contribution in [0.25, 0.3) is 10.9 Å². The highest BCUT2D eigenvalue weighted by Gasteiger charge is 2.58. The fraction of sp³-hybridized carbons (Fsp3) is 0.607. The van der Waals surface area contributed by atoms with E-state index in [9.17, 15) is 4.79 Å². The van der Waals surface area contributed by atoms with Crippen molar-refractivity contribution in [1.29, 1.82) is 0 Å². The molecule has 168 valence electrons. The van der Waals surface area contributed by atoms with Crippen molar-refractivity contribution in [2.24, 2.45) is 23.2 Å². The molecule has 4 heteroatoms. The van der Waals surface area contributed by atoms with Gasteiger partial charge in [-0.05, 0) is 92.2 Å². The molecule has 4 aliphatic carbocycles. The van der Waals surface area contributed by atoms with E-state index in [2.05, 4.69) is 52.3 Å². The van der Waals surface area contributed by atoms with Crippen LogP contribution in [-0.4, -0.2) is 28.5 Å². The zero-order valence-corrected chi connectivity index (χ0v) is 19.2. The highest BCUT2D eigenvalue weighted by atomic mass is 16.2. The standard InChI is InChI=1S/C28H35N3O/c1-3-5-10-29-24-14-22-21-8-6-7-9-23(21)30-26(22)27(31(24)25(32)4-2)28-15-18-11-19(16-28)13-20(12-18)17-28/h2,6-9,18-20,24,27,29-30H,3,5,10-17H2,1H3/t18?,19?,20?,24-,27-,28?/m1/s1. The first-order valence-electron chi connectivity index (χ1n) is 12.7. The van der Waals surface area contributed by atoms with Gasteiger partial charge in [-0.2, -0.15) is 0 Å². The van der Waals surface area contributed by atoms with Gasteiger partial charge in [-0.1, -0.05) is 31.5 Å². The average Bonchev–Trinajstić information content (AvgIpc) is 3.15. The number of para-hydroxylation sites is 1. The van der Waals surface area contributed by atoms with Crippen molar-refractivity contribution in [3.8, 4) is 12.3 Å². The topological polar surface area (TPSA) is 48.1 Å². The number of hydrogen-bond acceptors (Lipinski definition) is 2. The monoisotopic (exact) mass is 429 g/mol. The summed E-state index contributed by atoms with van der Waals surface area (Å²) in [6.07, 6.45) is 16.7. The Bertz CT molecular complexity index is 1040. The number of aromatic amines is 1. The lowest BCUT2D eigenvalue weighted by Crippen LogP contribution is -2.61. The van der Waals surface area contributed by atoms with Gasteiger partial charge in [-0.3, -0.25) is 10.1 Å². The smallest absolute Gasteiger partial charge is 0.300 e. The van der Waals surface area contributed by atoms with Gasteiger partial charge in [0.05, 0.1) is 12.2 Å². The predicted molar refractivity (Wildman–Crippen MR) is 128 cm³/mol. The van der Waals surface area contributed by atoms with Crippen molar-refractivity contribution in [2.75, 3.05) is 6.54 Å². The van der Waals surface area contributed by atoms with Crippen molar-refractivity contribution in [3.05, 3.63) is 35.5 Å². The number of fused-ring (bicyclic) bond motifs is 3. The Morgan fingerprint density at radius 3 is 2.53 bits per heavy atom. The van der Waals surface area contributed by atoms with Crippen LogP contribution in [-0.2, 0) is 11.2 Å². The van der Waals surface area contributed by atoms with E-state index in [4.69, 9.17) is 6.42 Å². The minimum Gasteiger partial charge on any atom is -0.356 e. The molecule has 4 nitrogen and oxygen atoms in total. The summed E-state index contributed by atoms with van der Waals surface area (Å²) < 4.78 is 0. The van der Waals surface area contributed by atoms with Crippen LogP contribution in [0.5, 0.6) is 0 Å². The van der Waals surface area contributed by atoms with Gasteiger partial charge in [0.15, 0.2) is 0 Å². The third-order valence-corrected chi connectivity index (χ3v) is 9.07. The number of unbranched alkanes of at least 4 members (excludes halogenated alkanes) is 1. The molecule has 32 heavy (non-hydrogen) atoms. The van der Waals surface area contributed by atoms with Crippen LogP contribution in [0.4, 0.5) is 0 Å². The number of nitrogens with one attached hydrogen (secondary N) is 2. The Labute approximate surface area is 191 Å². The molecular formula is C28H35N3O. The number of benzene rings is 1. The quantitative estimate of drug-likeness (QED) is 0.509. The zero-order valence-electron chi connectivity index (χ0n) is 19.2. The molecular weight excluding hydrogens is 394 g/mol. The van der Waals surface area contributed by atoms with Crippen LogP contribution in [0.2, 0.25) is 0 Å². The third-order valence-electron chi connectivity index (χ3n) is 9.07. The lowest BCUT2D eigenvalue weighted by atomic mass is 9.47. The molecule has 0 unspecified atom stereocenters. The molecule has 2 aromatic rings. The van der Waals surface area contributed by atoms with Gasteiger partial charge in [-0.25, -0.2) is 0 Å². The second-order valence-corrected chi connectivity index (χ2v) is 11.1. The van der Waals surface area contributed by atoms with Gasteiger partial charge >= 0.3 is 0 Å². The van der Waals surface area contributed by atoms with Crippen LogP contribution < -0.4 is 5.32 Å². The zero-order chi connectivity index (χ0) is 21.9. The van der Waals surface area contributed by atoms with Crippen LogP contribution in [0.3, 0.4) is 0 Å². The summed E-state index contributed by atoms with van der Waals surface area (Å²) in [5.41, 5.74) is 4.01. The molecule has 2 N–H and O–H groups in total. The fourth-order valence-corrected chi connectivity index (χ4v) is 8.35. The third kappa shape index (κ3) is 3.05. The van der Waals surface area contributed by atoms with Gasteiger partial charge in [0.25, 0.3) is 5.91 Å². The molecule has 1 amide bonds. The number of terminal acetylenes is 1. The average molecular weight is 430 g/mol. The lowest BCUT2D eigenvalue weighted by molar-refractivity contribution is -0.150. The summed E-state index contributed by atoms with van der Waals surface area (Å²) in [5, 5.41) is 5.05. The maximum atomic E-state index is 13.4. The molecule has 0 radical (unpaired) electrons. The summed E-state index contributed by atoms with van der Waals surface area (Å²) in [7, 11) is 0. The van der Waals surface area contributed by atoms with Crippen LogP contribution in [0.1, 0.15) is 75.6 Å². The Kier molecular flexibility index (Phi) is 4.88. The van der Waals surface area contributed by atoms with Gasteiger partial charge in [-0.15, -0.1) is 6.42 Å². The number of aromatic nitrogens is 1. The number of hydrogen-bond donors (Lipinski definition) is 2. The molecule has 1 aliphatic heterocycles. The summed E-state index contributed by atoms with van der Waals surface area (Å²) in [4.78, 5) is 19.3. The number of nitrogens with zero attached hydrogens (tertiary/aromatic N) is 1. The van der Waals surface area contributed by atoms with E-state index in [0.29, 0.717) is 0 Å². The van der Waals surface area contributed by atoms with Crippen molar-refractivity contribution in [1.82, 2.24) is 15.2 Å². The lowest BCUT2D eigenvalue weighted by Gasteiger charge is -2.62. The molecule has 2 atom stereocenters. The van der Waals surface area contributed by atoms with E-state index in [-0.39, 0.29) is 23.5 Å². The number of H-pyrrole nitrogens is 1. The Hall–Kier alpha value is -2.25. The molecule has 4 bridgehead atoms. The number of amides is 1. The molecule has 4 saturated carbocycles. The molecule has 4 fully saturated rings. The molecule has 1 aromatic carbocycles. The van der Waals surface area contributed by atoms with E-state index in [0.717, 1.165) is 43.6 Å². The molecule has 0 spiro atoms. The van der Waals surface area contributed by atoms with Crippen molar-refractivity contribution >= 4 is 16.8 Å². The van der Waals surface area contributed by atoms with Gasteiger partial charge in [0, 0.05) is 23.0 Å². The van der Waals surface area contributed by atoms with Crippen LogP contribution in [0, 0.1) is 35.5 Å². The Morgan fingerprint density at radius 2 is 1.88 bits per heavy atom. The molecule has 5 aliphatic rings. The van der Waals surface area contributed by atoms with E-state index in [1.807, 2.05) is 0 Å². The minimum absolute atomic E-state index is 0.0326. The maximum Gasteiger partial charge on any atom is 0.300 e. The Morgan fingerprint density at radius 1 is 1.19 bits per heavy atom. The summed E-state index contributed by atoms with van der Waals surface area (Å²) >= 11 is 0. The van der Waals surface area contributed by atoms with Crippen molar-refractivity contribution in [3.63, 3.8) is 0 Å². The fourth-order valence-electron chi connectivity index (χ4n) is 8.35. The first-order chi connectivity index (χ1) is 15.6. The summed E-state index contributed by atoms with van der Waals surface area (Å²) in [6, 6.07) is 8.70. The first-order valence-corrected chi connectivity index (χ1v) is 12.7. The highest BCUT2D eigenvalue weighted by Crippen LogP contribution is 2.66. The van der Waals surface area contributed by atoms with Gasteiger partial charge in [0.1, 0.15) is 0 Å². The van der Waals surface area contributed by atoms with E-state index in [1.165, 1.54) is 60.7 Å². The van der Waals surface area contributed by atoms with Crippen molar-refractivity contribution in [2.45, 2.75) is 76.9 Å².